The molecule has 0 fully saturated rings. The number of furan rings is 1. The van der Waals surface area contributed by atoms with Crippen LogP contribution in [0.4, 0.5) is 17.1 Å². The maximum Gasteiger partial charge on any atom is 0.138 e. The molecule has 2 heterocycles. The summed E-state index contributed by atoms with van der Waals surface area (Å²) < 4.78 is 9.29. The lowest BCUT2D eigenvalue weighted by molar-refractivity contribution is 0.660. The first-order valence-corrected chi connectivity index (χ1v) is 22.2. The van der Waals surface area contributed by atoms with Crippen LogP contribution >= 0.6 is 0 Å². The summed E-state index contributed by atoms with van der Waals surface area (Å²) in [7, 11) is 0. The van der Waals surface area contributed by atoms with Gasteiger partial charge in [0.25, 0.3) is 0 Å². The number of fused-ring (bicyclic) bond motifs is 10. The number of nitrogens with zero attached hydrogens (tertiary/aromatic N) is 2. The van der Waals surface area contributed by atoms with Gasteiger partial charge in [-0.3, -0.25) is 0 Å². The smallest absolute Gasteiger partial charge is 0.138 e. The van der Waals surface area contributed by atoms with Gasteiger partial charge in [0, 0.05) is 55.7 Å². The van der Waals surface area contributed by atoms with Crippen molar-refractivity contribution in [2.75, 3.05) is 4.90 Å². The molecule has 1 aliphatic carbocycles. The summed E-state index contributed by atoms with van der Waals surface area (Å²) in [6.45, 7) is 4.73. The molecule has 0 amide bonds. The average molecular weight is 819 g/mol. The van der Waals surface area contributed by atoms with Crippen molar-refractivity contribution >= 4 is 71.6 Å². The van der Waals surface area contributed by atoms with Gasteiger partial charge in [-0.25, -0.2) is 0 Å². The third-order valence-electron chi connectivity index (χ3n) is 13.7. The van der Waals surface area contributed by atoms with Gasteiger partial charge in [-0.2, -0.15) is 0 Å². The van der Waals surface area contributed by atoms with Crippen LogP contribution < -0.4 is 4.90 Å². The lowest BCUT2D eigenvalue weighted by Crippen LogP contribution is -2.17. The summed E-state index contributed by atoms with van der Waals surface area (Å²) in [4.78, 5) is 2.48. The summed E-state index contributed by atoms with van der Waals surface area (Å²) in [6, 6.07) is 79.7. The number of aromatic nitrogens is 1. The maximum atomic E-state index is 6.83. The van der Waals surface area contributed by atoms with Crippen LogP contribution in [0, 0.1) is 0 Å². The van der Waals surface area contributed by atoms with Crippen molar-refractivity contribution < 1.29 is 4.42 Å². The van der Waals surface area contributed by atoms with Crippen LogP contribution in [0.25, 0.3) is 93.6 Å². The zero-order chi connectivity index (χ0) is 42.5. The van der Waals surface area contributed by atoms with Crippen molar-refractivity contribution in [3.05, 3.63) is 230 Å². The van der Waals surface area contributed by atoms with E-state index in [-0.39, 0.29) is 5.41 Å². The number of benzene rings is 10. The fraction of sp³-hybridized carbons (Fsp3) is 0.0492. The van der Waals surface area contributed by atoms with Gasteiger partial charge in [0.15, 0.2) is 0 Å². The topological polar surface area (TPSA) is 21.3 Å². The molecule has 0 spiro atoms. The molecule has 1 aliphatic rings. The predicted molar refractivity (Wildman–Crippen MR) is 269 cm³/mol. The summed E-state index contributed by atoms with van der Waals surface area (Å²) in [6.07, 6.45) is 0. The zero-order valence-electron chi connectivity index (χ0n) is 35.6. The number of hydrogen-bond donors (Lipinski definition) is 0. The Morgan fingerprint density at radius 3 is 1.94 bits per heavy atom. The molecule has 0 saturated carbocycles. The minimum absolute atomic E-state index is 0.165. The monoisotopic (exact) mass is 818 g/mol. The van der Waals surface area contributed by atoms with E-state index in [1.807, 2.05) is 0 Å². The first kappa shape index (κ1) is 36.5. The van der Waals surface area contributed by atoms with Crippen LogP contribution in [0.2, 0.25) is 0 Å². The van der Waals surface area contributed by atoms with Crippen molar-refractivity contribution in [1.29, 1.82) is 0 Å². The molecule has 0 N–H and O–H groups in total. The molecule has 0 aliphatic heterocycles. The highest BCUT2D eigenvalue weighted by Crippen LogP contribution is 2.53. The summed E-state index contributed by atoms with van der Waals surface area (Å²) in [5.41, 5.74) is 18.2. The van der Waals surface area contributed by atoms with Gasteiger partial charge < -0.3 is 13.9 Å². The second-order valence-electron chi connectivity index (χ2n) is 17.7. The molecule has 64 heavy (non-hydrogen) atoms. The minimum Gasteiger partial charge on any atom is -0.456 e. The number of para-hydroxylation sites is 3. The van der Waals surface area contributed by atoms with Crippen molar-refractivity contribution in [3.8, 4) is 39.1 Å². The van der Waals surface area contributed by atoms with Gasteiger partial charge in [-0.1, -0.05) is 172 Å². The third-order valence-corrected chi connectivity index (χ3v) is 13.7. The van der Waals surface area contributed by atoms with E-state index in [0.29, 0.717) is 0 Å². The Morgan fingerprint density at radius 1 is 0.438 bits per heavy atom. The van der Waals surface area contributed by atoms with Crippen molar-refractivity contribution in [2.45, 2.75) is 19.3 Å². The molecule has 0 unspecified atom stereocenters. The molecule has 10 aromatic carbocycles. The molecular formula is C61H42N2O. The molecule has 0 atom stereocenters. The molecule has 0 saturated heterocycles. The predicted octanol–water partition coefficient (Wildman–Crippen LogP) is 16.9. The van der Waals surface area contributed by atoms with Gasteiger partial charge in [-0.05, 0) is 104 Å². The van der Waals surface area contributed by atoms with Crippen LogP contribution in [-0.4, -0.2) is 4.57 Å². The molecule has 2 aromatic heterocycles. The molecule has 0 bridgehead atoms. The Kier molecular flexibility index (Phi) is 7.95. The van der Waals surface area contributed by atoms with Crippen molar-refractivity contribution in [3.63, 3.8) is 0 Å². The molecule has 0 radical (unpaired) electrons. The standard InChI is InChI=1S/C61H42N2O/c1-61(2)51-25-13-11-22-47(51)48-35-34-46(37-52(48)61)62(45-32-30-41(31-33-45)39-16-5-3-6-17-39)53-26-15-24-50-58-54(63(60(50)53)44-20-7-4-8-21-44)38-56-59(49-23-12-14-27-55(49)64-56)57(58)43-29-28-40-18-9-10-19-42(40)36-43/h3-38H,1-2H3. The van der Waals surface area contributed by atoms with Gasteiger partial charge in [0.2, 0.25) is 0 Å². The maximum absolute atomic E-state index is 6.83. The Balaban J connectivity index is 1.15. The average Bonchev–Trinajstić information content (AvgIpc) is 3.97. The minimum atomic E-state index is -0.165. The van der Waals surface area contributed by atoms with Crippen LogP contribution in [0.1, 0.15) is 25.0 Å². The number of hydrogen-bond acceptors (Lipinski definition) is 2. The first-order valence-electron chi connectivity index (χ1n) is 22.2. The molecular weight excluding hydrogens is 777 g/mol. The van der Waals surface area contributed by atoms with E-state index >= 15 is 0 Å². The van der Waals surface area contributed by atoms with E-state index in [0.717, 1.165) is 61.3 Å². The lowest BCUT2D eigenvalue weighted by Gasteiger charge is -2.29. The summed E-state index contributed by atoms with van der Waals surface area (Å²) in [5, 5.41) is 7.03. The fourth-order valence-electron chi connectivity index (χ4n) is 10.8. The lowest BCUT2D eigenvalue weighted by atomic mass is 9.82. The van der Waals surface area contributed by atoms with Crippen molar-refractivity contribution in [2.24, 2.45) is 0 Å². The highest BCUT2D eigenvalue weighted by Gasteiger charge is 2.36. The molecule has 13 rings (SSSR count). The highest BCUT2D eigenvalue weighted by molar-refractivity contribution is 6.28. The van der Waals surface area contributed by atoms with Crippen molar-refractivity contribution in [1.82, 2.24) is 4.57 Å². The van der Waals surface area contributed by atoms with E-state index in [4.69, 9.17) is 4.42 Å². The summed E-state index contributed by atoms with van der Waals surface area (Å²) in [5.74, 6) is 0. The van der Waals surface area contributed by atoms with Gasteiger partial charge >= 0.3 is 0 Å². The summed E-state index contributed by atoms with van der Waals surface area (Å²) >= 11 is 0. The first-order chi connectivity index (χ1) is 31.5. The van der Waals surface area contributed by atoms with E-state index in [9.17, 15) is 0 Å². The van der Waals surface area contributed by atoms with E-state index in [2.05, 4.69) is 242 Å². The van der Waals surface area contributed by atoms with E-state index < -0.39 is 0 Å². The third kappa shape index (κ3) is 5.41. The zero-order valence-corrected chi connectivity index (χ0v) is 35.6. The molecule has 3 heteroatoms. The quantitative estimate of drug-likeness (QED) is 0.167. The Morgan fingerprint density at radius 2 is 1.09 bits per heavy atom. The second kappa shape index (κ2) is 13.9. The number of rotatable bonds is 6. The van der Waals surface area contributed by atoms with Crippen LogP contribution in [0.5, 0.6) is 0 Å². The Hall–Kier alpha value is -8.14. The van der Waals surface area contributed by atoms with Gasteiger partial charge in [0.1, 0.15) is 11.2 Å². The van der Waals surface area contributed by atoms with Gasteiger partial charge in [-0.15, -0.1) is 0 Å². The van der Waals surface area contributed by atoms with Crippen LogP contribution in [0.15, 0.2) is 223 Å². The SMILES string of the molecule is CC1(C)c2ccccc2-c2ccc(N(c3ccc(-c4ccccc4)cc3)c3cccc4c5c(-c6ccc7ccccc7c6)c6c(cc5n(-c5ccccc5)c34)oc3ccccc36)cc21. The van der Waals surface area contributed by atoms with Crippen LogP contribution in [-0.2, 0) is 5.41 Å². The van der Waals surface area contributed by atoms with E-state index in [1.165, 1.54) is 60.5 Å². The Labute approximate surface area is 371 Å². The Bertz CT molecular complexity index is 3800. The molecule has 302 valence electrons. The highest BCUT2D eigenvalue weighted by atomic mass is 16.3. The second-order valence-corrected chi connectivity index (χ2v) is 17.7. The fourth-order valence-corrected chi connectivity index (χ4v) is 10.8. The molecule has 12 aromatic rings. The van der Waals surface area contributed by atoms with E-state index in [1.54, 1.807) is 0 Å². The molecule has 3 nitrogen and oxygen atoms in total. The normalized spacial score (nSPS) is 13.0. The van der Waals surface area contributed by atoms with Gasteiger partial charge in [0.05, 0.1) is 16.7 Å². The number of anilines is 3. The largest absolute Gasteiger partial charge is 0.456 e. The van der Waals surface area contributed by atoms with Crippen LogP contribution in [0.3, 0.4) is 0 Å².